The molecule has 5 aromatic carbocycles. The molecule has 6 rings (SSSR count). The summed E-state index contributed by atoms with van der Waals surface area (Å²) in [6.45, 7) is 5.82. The third-order valence-corrected chi connectivity index (χ3v) is 9.18. The number of unbranched alkanes of at least 4 members (excludes halogenated alkanes) is 2. The first-order valence-corrected chi connectivity index (χ1v) is 17.8. The number of ether oxygens (including phenoxy) is 1. The molecule has 1 aliphatic rings. The average molecular weight is 696 g/mol. The molecule has 50 heavy (non-hydrogen) atoms. The third kappa shape index (κ3) is 8.60. The minimum atomic E-state index is -4.24. The van der Waals surface area contributed by atoms with E-state index in [2.05, 4.69) is 19.9 Å². The van der Waals surface area contributed by atoms with E-state index in [1.807, 2.05) is 90.6 Å². The van der Waals surface area contributed by atoms with Crippen LogP contribution in [0.1, 0.15) is 50.7 Å². The Morgan fingerprint density at radius 2 is 1.36 bits per heavy atom. The lowest BCUT2D eigenvalue weighted by molar-refractivity contribution is -0.139. The van der Waals surface area contributed by atoms with Gasteiger partial charge in [-0.3, -0.25) is 9.45 Å². The molecular weight excluding hydrogens is 655 g/mol. The van der Waals surface area contributed by atoms with Gasteiger partial charge in [0, 0.05) is 23.2 Å². The van der Waals surface area contributed by atoms with E-state index in [1.54, 1.807) is 18.2 Å². The number of hydrogen-bond acceptors (Lipinski definition) is 6. The first-order valence-electron chi connectivity index (χ1n) is 16.4. The van der Waals surface area contributed by atoms with Crippen molar-refractivity contribution in [2.45, 2.75) is 57.3 Å². The number of hydrogen-bond donors (Lipinski definition) is 2. The van der Waals surface area contributed by atoms with E-state index in [-0.39, 0.29) is 11.5 Å². The number of aliphatic carboxylic acids is 1. The summed E-state index contributed by atoms with van der Waals surface area (Å²) in [6, 6.07) is 31.8. The summed E-state index contributed by atoms with van der Waals surface area (Å²) in [7, 11) is -4.24. The fourth-order valence-electron chi connectivity index (χ4n) is 5.96. The summed E-state index contributed by atoms with van der Waals surface area (Å²) in [6.07, 6.45) is 5.52. The molecule has 11 heteroatoms. The molecule has 0 atom stereocenters. The van der Waals surface area contributed by atoms with E-state index in [1.165, 1.54) is 4.70 Å². The normalized spacial score (nSPS) is 11.7. The standard InChI is InChI=1S/C20H15N3O3.C18H24O3S.CH2O/c21-23-18-7-3-1-5-16(18)22(17-6-2-4-8-19(17)23)14-9-11-15(12-10-14)26-13-20(24)25;1-3-5-9-14-13-15-10-7-8-12-17(15)18(22(19,20)21)16(14)11-6-4-2;1-2/h1-12H,13H2,(H,24,25);7-8,10,12-13H,3-6,9,11H2,1-2H3,(H,19,20,21);1H2. The zero-order valence-electron chi connectivity index (χ0n) is 28.2. The van der Waals surface area contributed by atoms with Crippen LogP contribution in [0.15, 0.2) is 108 Å². The van der Waals surface area contributed by atoms with Crippen LogP contribution in [0.5, 0.6) is 5.75 Å². The van der Waals surface area contributed by atoms with E-state index in [0.717, 1.165) is 65.7 Å². The Morgan fingerprint density at radius 3 is 1.92 bits per heavy atom. The van der Waals surface area contributed by atoms with Crippen LogP contribution in [0.4, 0.5) is 28.4 Å². The number of carboxylic acid groups (broad SMARTS) is 1. The van der Waals surface area contributed by atoms with Crippen molar-refractivity contribution in [3.05, 3.63) is 120 Å². The van der Waals surface area contributed by atoms with Gasteiger partial charge in [-0.1, -0.05) is 81.3 Å². The molecule has 0 amide bonds. The van der Waals surface area contributed by atoms with Gasteiger partial charge >= 0.3 is 5.97 Å². The van der Waals surface area contributed by atoms with Gasteiger partial charge in [-0.2, -0.15) is 8.42 Å². The van der Waals surface area contributed by atoms with E-state index in [4.69, 9.17) is 14.6 Å². The number of fused-ring (bicyclic) bond motifs is 3. The summed E-state index contributed by atoms with van der Waals surface area (Å²) >= 11 is 0. The fourth-order valence-corrected chi connectivity index (χ4v) is 6.97. The molecule has 1 heterocycles. The third-order valence-electron chi connectivity index (χ3n) is 8.19. The van der Waals surface area contributed by atoms with Crippen molar-refractivity contribution in [1.82, 2.24) is 4.70 Å². The molecule has 1 aliphatic heterocycles. The number of carbonyl (C=O) groups excluding carboxylic acids is 1. The Balaban J connectivity index is 0.000000217. The second kappa shape index (κ2) is 17.3. The van der Waals surface area contributed by atoms with Gasteiger partial charge in [-0.15, -0.1) is 0 Å². The van der Waals surface area contributed by atoms with Crippen LogP contribution in [0.3, 0.4) is 0 Å². The van der Waals surface area contributed by atoms with Crippen molar-refractivity contribution in [3.63, 3.8) is 0 Å². The number of para-hydroxylation sites is 4. The fraction of sp³-hybridized carbons (Fsp3) is 0.231. The second-order valence-corrected chi connectivity index (χ2v) is 12.9. The zero-order valence-corrected chi connectivity index (χ0v) is 29.0. The van der Waals surface area contributed by atoms with Crippen LogP contribution in [-0.4, -0.2) is 37.4 Å². The van der Waals surface area contributed by atoms with E-state index in [9.17, 15) is 23.3 Å². The van der Waals surface area contributed by atoms with Gasteiger partial charge in [0.2, 0.25) is 11.4 Å². The van der Waals surface area contributed by atoms with E-state index in [0.29, 0.717) is 28.9 Å². The molecule has 0 saturated heterocycles. The van der Waals surface area contributed by atoms with Crippen LogP contribution < -0.4 is 14.3 Å². The van der Waals surface area contributed by atoms with Crippen LogP contribution in [-0.2, 0) is 32.5 Å². The second-order valence-electron chi connectivity index (χ2n) is 11.5. The zero-order chi connectivity index (χ0) is 36.3. The Kier molecular flexibility index (Phi) is 13.0. The summed E-state index contributed by atoms with van der Waals surface area (Å²) in [5.41, 5.74) is 16.3. The molecule has 0 aromatic heterocycles. The van der Waals surface area contributed by atoms with Gasteiger partial charge in [0.1, 0.15) is 28.8 Å². The van der Waals surface area contributed by atoms with Crippen molar-refractivity contribution in [3.8, 4) is 5.75 Å². The van der Waals surface area contributed by atoms with Crippen LogP contribution in [0.2, 0.25) is 0 Å². The topological polar surface area (TPSA) is 147 Å². The molecule has 0 aliphatic carbocycles. The first kappa shape index (κ1) is 37.4. The Hall–Kier alpha value is -5.39. The number of carboxylic acids is 1. The number of carbonyl (C=O) groups is 2. The predicted octanol–water partition coefficient (Wildman–Crippen LogP) is 9.38. The van der Waals surface area contributed by atoms with Crippen molar-refractivity contribution in [2.24, 2.45) is 0 Å². The molecule has 0 unspecified atom stereocenters. The van der Waals surface area contributed by atoms with E-state index >= 15 is 0 Å². The molecule has 0 fully saturated rings. The highest BCUT2D eigenvalue weighted by molar-refractivity contribution is 7.86. The smallest absolute Gasteiger partial charge is 0.341 e. The SMILES string of the molecule is C=O.CCCCc1cc2ccccc2c(S(=O)(=O)O)c1CCCC.[N-]=[N+]1c2ccccc2N(c2ccc(OCC(=O)O)cc2)c2ccccc21. The molecule has 0 radical (unpaired) electrons. The number of aryl methyl sites for hydroxylation is 1. The van der Waals surface area contributed by atoms with Gasteiger partial charge in [-0.25, -0.2) is 9.49 Å². The van der Waals surface area contributed by atoms with Crippen molar-refractivity contribution < 1.29 is 32.4 Å². The average Bonchev–Trinajstić information content (AvgIpc) is 3.13. The van der Waals surface area contributed by atoms with Crippen molar-refractivity contribution >= 4 is 62.1 Å². The monoisotopic (exact) mass is 695 g/mol. The first-order chi connectivity index (χ1) is 24.1. The maximum absolute atomic E-state index is 12.0. The highest BCUT2D eigenvalue weighted by atomic mass is 32.2. The minimum Gasteiger partial charge on any atom is -0.493 e. The number of nitrogens with zero attached hydrogens (tertiary/aromatic N) is 3. The summed E-state index contributed by atoms with van der Waals surface area (Å²) in [4.78, 5) is 20.8. The molecule has 0 spiro atoms. The summed E-state index contributed by atoms with van der Waals surface area (Å²) in [5.74, 6) is -0.533. The molecule has 0 bridgehead atoms. The van der Waals surface area contributed by atoms with Crippen molar-refractivity contribution in [1.29, 1.82) is 0 Å². The lowest BCUT2D eigenvalue weighted by Crippen LogP contribution is -2.19. The van der Waals surface area contributed by atoms with Crippen LogP contribution in [0.25, 0.3) is 16.3 Å². The quantitative estimate of drug-likeness (QED) is 0.101. The maximum atomic E-state index is 12.0. The number of anilines is 3. The summed E-state index contributed by atoms with van der Waals surface area (Å²) in [5, 5.41) is 10.2. The van der Waals surface area contributed by atoms with Gasteiger partial charge in [0.25, 0.3) is 10.1 Å². The summed E-state index contributed by atoms with van der Waals surface area (Å²) < 4.78 is 40.2. The molecular formula is C39H41N3O7S. The van der Waals surface area contributed by atoms with Gasteiger partial charge in [0.15, 0.2) is 6.61 Å². The highest BCUT2D eigenvalue weighted by Gasteiger charge is 2.30. The Morgan fingerprint density at radius 1 is 0.820 bits per heavy atom. The lowest BCUT2D eigenvalue weighted by atomic mass is 9.94. The Labute approximate surface area is 292 Å². The molecule has 2 N–H and O–H groups in total. The van der Waals surface area contributed by atoms with Crippen LogP contribution in [0, 0.1) is 0 Å². The molecule has 5 aromatic rings. The largest absolute Gasteiger partial charge is 0.493 e. The van der Waals surface area contributed by atoms with E-state index < -0.39 is 16.1 Å². The molecule has 260 valence electrons. The Bertz CT molecular complexity index is 2020. The molecule has 0 saturated carbocycles. The minimum absolute atomic E-state index is 0.116. The van der Waals surface area contributed by atoms with Gasteiger partial charge in [0.05, 0.1) is 0 Å². The lowest BCUT2D eigenvalue weighted by Gasteiger charge is -2.31. The number of benzene rings is 5. The molecule has 10 nitrogen and oxygen atoms in total. The highest BCUT2D eigenvalue weighted by Crippen LogP contribution is 2.49. The van der Waals surface area contributed by atoms with Gasteiger partial charge < -0.3 is 20.2 Å². The van der Waals surface area contributed by atoms with Gasteiger partial charge in [-0.05, 0) is 78.6 Å². The van der Waals surface area contributed by atoms with Crippen molar-refractivity contribution in [2.75, 3.05) is 11.5 Å². The predicted molar refractivity (Wildman–Crippen MR) is 197 cm³/mol. The van der Waals surface area contributed by atoms with Crippen LogP contribution >= 0.6 is 0 Å². The maximum Gasteiger partial charge on any atom is 0.341 e. The number of rotatable bonds is 11.